The average Bonchev–Trinajstić information content (AvgIpc) is 1.69. The number of fused-ring (bicyclic) bond motifs is 8. The van der Waals surface area contributed by atoms with Crippen LogP contribution in [0.1, 0.15) is 176 Å². The smallest absolute Gasteiger partial charge is 0.135 e. The van der Waals surface area contributed by atoms with Crippen LogP contribution in [-0.4, -0.2) is 19.1 Å². The number of hydrogen-bond donors (Lipinski definition) is 0. The molecule has 0 spiro atoms. The molecule has 0 saturated carbocycles. The van der Waals surface area contributed by atoms with Gasteiger partial charge in [0.05, 0.1) is 46.6 Å². The number of pyridine rings is 2. The Kier molecular flexibility index (Phi) is 16.6. The Morgan fingerprint density at radius 2 is 0.631 bits per heavy atom. The van der Waals surface area contributed by atoms with E-state index >= 15 is 0 Å². The predicted molar refractivity (Wildman–Crippen MR) is 581 cm³/mol. The molecule has 21 aromatic rings. The number of rotatable bonds is 18. The third-order valence-electron chi connectivity index (χ3n) is 25.1. The van der Waals surface area contributed by atoms with Gasteiger partial charge in [-0.25, -0.2) is 9.97 Å². The minimum absolute atomic E-state index is 0. The van der Waals surface area contributed by atoms with Crippen LogP contribution in [0, 0.1) is 37.6 Å². The van der Waals surface area contributed by atoms with E-state index in [9.17, 15) is 19.2 Å². The molecule has 0 radical (unpaired) electrons. The molecule has 0 fully saturated rings. The molecule has 0 aliphatic carbocycles. The Morgan fingerprint density at radius 1 is 0.291 bits per heavy atom. The quantitative estimate of drug-likeness (QED) is 0.0798. The molecule has 4 aromatic heterocycles. The molecular weight excluding hydrogens is 2080 g/mol. The molecule has 10 heteroatoms. The molecule has 17 aromatic carbocycles. The van der Waals surface area contributed by atoms with Gasteiger partial charge in [0, 0.05) is 130 Å². The van der Waals surface area contributed by atoms with Gasteiger partial charge in [0.1, 0.15) is 11.6 Å². The van der Waals surface area contributed by atoms with Crippen molar-refractivity contribution in [2.45, 2.75) is 111 Å². The molecule has 23 rings (SSSR count). The summed E-state index contributed by atoms with van der Waals surface area (Å²) in [5.74, 6) is 1.35. The zero-order valence-corrected chi connectivity index (χ0v) is 82.8. The third kappa shape index (κ3) is 18.4. The molecule has 0 bridgehead atoms. The summed E-state index contributed by atoms with van der Waals surface area (Å²) >= 11 is 0. The Labute approximate surface area is 909 Å². The van der Waals surface area contributed by atoms with Gasteiger partial charge in [-0.15, -0.1) is 47.6 Å². The van der Waals surface area contributed by atoms with Crippen molar-refractivity contribution < 1.29 is 91.5 Å². The number of aromatic nitrogens is 4. The van der Waals surface area contributed by atoms with E-state index in [0.29, 0.717) is 46.1 Å². The first-order chi connectivity index (χ1) is 82.4. The standard InChI is InChI=1S/C68H55N4.C63H53N4.2Pt/c1-67(2,3)55-39-48(38-47-34-35-58-57-30-18-19-31-61(57)72(64(58)41-47)65-45-54(36-37-69-65)68(4,5)53-28-16-9-17-29-53)40-56(44-55)70-46-71(63-33-21-20-32-62(63)70)66-59(50-24-12-7-13-25-50)42-52(49-22-10-6-11-23-49)43-60(66)51-26-14-8-15-27-51;1-62(2,3)49-32-33-64-60(41-49)67-56-27-17-16-26-52(56)53-31-30-43(37-59(53)67)34-44-35-50(63(4,5)6)40-51(36-44)65-42-66(58-29-19-18-28-57(58)65)61-54(46-22-12-8-13-23-46)38-48(45-20-10-7-11-21-45)39-55(61)47-24-14-9-15-25-47;;/h6-37,39,42-46H,38H2,1-5H3;7-33,35,38-42H,34H2,1-6H3;;/q2*-3;;/i6D,7D,8D,10D,11D,12D,13D,14D,15D,22D,23D,24D,25D,26D,27D,42D,43D;7D,8D,9D,10D,11D,12D,13D,14D,15D,20D,21D,22D,23D,24D,25D,34D2,38D,39D;;. The Hall–Kier alpha value is -14.8. The molecule has 2 aliphatic rings. The van der Waals surface area contributed by atoms with Gasteiger partial charge < -0.3 is 28.7 Å². The second-order valence-electron chi connectivity index (χ2n) is 37.5. The minimum Gasteiger partial charge on any atom is -0.493 e. The Morgan fingerprint density at radius 3 is 1.04 bits per heavy atom. The number of nitrogens with zero attached hydrogens (tertiary/aromatic N) is 8. The van der Waals surface area contributed by atoms with Crippen LogP contribution in [0.4, 0.5) is 45.5 Å². The largest absolute Gasteiger partial charge is 0.493 e. The summed E-state index contributed by atoms with van der Waals surface area (Å²) in [6, 6.07) is 49.1. The first-order valence-electron chi connectivity index (χ1n) is 63.3. The summed E-state index contributed by atoms with van der Waals surface area (Å²) < 4.78 is 334. The molecule has 141 heavy (non-hydrogen) atoms. The van der Waals surface area contributed by atoms with Crippen molar-refractivity contribution in [1.82, 2.24) is 19.1 Å². The van der Waals surface area contributed by atoms with E-state index in [1.807, 2.05) is 123 Å². The maximum absolute atomic E-state index is 10.2. The molecule has 0 atom stereocenters. The number of anilines is 8. The second-order valence-corrected chi connectivity index (χ2v) is 37.5. The number of para-hydroxylation sites is 6. The second kappa shape index (κ2) is 38.8. The summed E-state index contributed by atoms with van der Waals surface area (Å²) in [5, 5.41) is 3.74. The van der Waals surface area contributed by atoms with Gasteiger partial charge >= 0.3 is 0 Å². The van der Waals surface area contributed by atoms with Gasteiger partial charge in [0.25, 0.3) is 0 Å². The average molecular weight is 2220 g/mol. The van der Waals surface area contributed by atoms with Crippen molar-refractivity contribution in [3.63, 3.8) is 0 Å². The normalized spacial score (nSPS) is 16.3. The van der Waals surface area contributed by atoms with Crippen LogP contribution in [0.5, 0.6) is 0 Å². The van der Waals surface area contributed by atoms with Crippen LogP contribution in [0.2, 0.25) is 0 Å². The summed E-state index contributed by atoms with van der Waals surface area (Å²) in [6.45, 7) is 25.8. The van der Waals surface area contributed by atoms with E-state index in [1.165, 1.54) is 16.5 Å². The molecule has 6 heterocycles. The van der Waals surface area contributed by atoms with Gasteiger partial charge in [-0.05, 0) is 186 Å². The van der Waals surface area contributed by atoms with Crippen molar-refractivity contribution in [1.29, 1.82) is 0 Å². The van der Waals surface area contributed by atoms with Crippen LogP contribution in [0.15, 0.2) is 418 Å². The Bertz CT molecular complexity index is 10200. The van der Waals surface area contributed by atoms with Crippen molar-refractivity contribution in [2.24, 2.45) is 0 Å². The van der Waals surface area contributed by atoms with Crippen molar-refractivity contribution >= 4 is 89.1 Å². The summed E-state index contributed by atoms with van der Waals surface area (Å²) in [7, 11) is 0. The Balaban J connectivity index is 0.000000205. The molecule has 0 amide bonds. The van der Waals surface area contributed by atoms with Gasteiger partial charge in [0.2, 0.25) is 0 Å². The first-order valence-corrected chi connectivity index (χ1v) is 45.3. The van der Waals surface area contributed by atoms with E-state index in [1.54, 1.807) is 89.4 Å². The SMILES string of the molecule is [2H]c1c([2H])c([2H])c(-c2c([2H])c(-c3c([2H])c([2H])c([2H])c([2H])c3[2H])c(N3[CH-]N(c4[c-]c(C([2H])([2H])c5[c-]c6c(cc5)c5ccccc5n6-c5cc(C(C)(C)C)ccn5)cc(C(C)(C)C)c4)c4ccccc43)c(-c3c([2H])c([2H])c([2H])c([2H])c3[2H])c2[2H])c([2H])c1[2H].[2H]c1c([2H])c([2H])c(-c2c([2H])c(-c3c([2H])c([2H])c([2H])c([2H])c3[2H])c(N3[CH-]N(c4[c-]c(Cc5[c-]c6c(cc5)c5ccccc5n6-c5cc(C(C)(C)c6ccccc6)ccn5)cc(C(C)(C)C)c4)c4ccccc43)c(-c3c([2H])c([2H])c([2H])c([2H])c3[2H])c2[2H])c([2H])c1[2H].[Pt].[Pt]. The van der Waals surface area contributed by atoms with E-state index < -0.39 is 295 Å². The van der Waals surface area contributed by atoms with E-state index in [2.05, 4.69) is 127 Å². The predicted octanol–water partition coefficient (Wildman–Crippen LogP) is 33.8. The summed E-state index contributed by atoms with van der Waals surface area (Å²) in [5.41, 5.74) is 1.83. The van der Waals surface area contributed by atoms with Crippen LogP contribution in [0.25, 0.3) is 122 Å². The van der Waals surface area contributed by atoms with E-state index in [-0.39, 0.29) is 81.1 Å². The summed E-state index contributed by atoms with van der Waals surface area (Å²) in [6.07, 6.45) is 1.61. The molecule has 0 N–H and O–H groups in total. The molecular formula is C131H108N8Pt2-6. The number of benzene rings is 17. The maximum Gasteiger partial charge on any atom is 0.135 e. The minimum atomic E-state index is -2.33. The van der Waals surface area contributed by atoms with Crippen molar-refractivity contribution in [2.75, 3.05) is 19.6 Å². The molecule has 0 saturated heterocycles. The molecule has 2 aliphatic heterocycles. The molecule has 0 unspecified atom stereocenters. The van der Waals surface area contributed by atoms with Gasteiger partial charge in [0.15, 0.2) is 0 Å². The zero-order chi connectivity index (χ0) is 126. The van der Waals surface area contributed by atoms with Crippen molar-refractivity contribution in [3.05, 3.63) is 506 Å². The van der Waals surface area contributed by atoms with E-state index in [4.69, 9.17) is 40.1 Å². The monoisotopic (exact) mass is 2220 g/mol. The fourth-order valence-corrected chi connectivity index (χ4v) is 18.0. The third-order valence-corrected chi connectivity index (χ3v) is 25.1. The molecule has 698 valence electrons. The zero-order valence-electron chi connectivity index (χ0n) is 114. The fraction of sp³-hybridized carbons (Fsp3) is 0.130. The van der Waals surface area contributed by atoms with Gasteiger partial charge in [-0.3, -0.25) is 0 Å². The van der Waals surface area contributed by atoms with Gasteiger partial charge in [-0.2, -0.15) is 94.0 Å². The fourth-order valence-electron chi connectivity index (χ4n) is 18.0. The van der Waals surface area contributed by atoms with Crippen LogP contribution in [0.3, 0.4) is 0 Å². The van der Waals surface area contributed by atoms with E-state index in [0.717, 1.165) is 77.3 Å². The van der Waals surface area contributed by atoms with Crippen LogP contribution in [-0.2, 0) is 76.6 Å². The van der Waals surface area contributed by atoms with Gasteiger partial charge in [-0.1, -0.05) is 359 Å². The maximum atomic E-state index is 10.2. The molecule has 8 nitrogen and oxygen atoms in total. The van der Waals surface area contributed by atoms with Crippen LogP contribution < -0.4 is 19.6 Å². The van der Waals surface area contributed by atoms with Crippen molar-refractivity contribution in [3.8, 4) is 78.4 Å². The van der Waals surface area contributed by atoms with Crippen LogP contribution >= 0.6 is 0 Å². The summed E-state index contributed by atoms with van der Waals surface area (Å²) in [4.78, 5) is 16.0. The topological polar surface area (TPSA) is 48.6 Å². The number of hydrogen-bond acceptors (Lipinski definition) is 6. The first kappa shape index (κ1) is 60.3.